The van der Waals surface area contributed by atoms with E-state index in [1.807, 2.05) is 18.2 Å². The molecule has 0 radical (unpaired) electrons. The van der Waals surface area contributed by atoms with Crippen LogP contribution in [0.15, 0.2) is 30.3 Å². The van der Waals surface area contributed by atoms with Gasteiger partial charge in [0.1, 0.15) is 11.6 Å². The summed E-state index contributed by atoms with van der Waals surface area (Å²) in [5, 5.41) is 8.44. The van der Waals surface area contributed by atoms with E-state index in [2.05, 4.69) is 31.9 Å². The zero-order chi connectivity index (χ0) is 20.3. The summed E-state index contributed by atoms with van der Waals surface area (Å²) in [6, 6.07) is 8.31. The minimum atomic E-state index is -0.730. The Morgan fingerprint density at radius 3 is 2.37 bits per heavy atom. The molecular weight excluding hydrogens is 414 g/mol. The molecule has 27 heavy (non-hydrogen) atoms. The Hall–Kier alpha value is -2.09. The zero-order valence-corrected chi connectivity index (χ0v) is 17.6. The molecule has 0 fully saturated rings. The summed E-state index contributed by atoms with van der Waals surface area (Å²) in [6.07, 6.45) is 1.15. The lowest BCUT2D eigenvalue weighted by molar-refractivity contribution is -0.119. The van der Waals surface area contributed by atoms with E-state index in [9.17, 15) is 14.4 Å². The van der Waals surface area contributed by atoms with Crippen molar-refractivity contribution in [2.75, 3.05) is 17.2 Å². The first kappa shape index (κ1) is 23.0. The van der Waals surface area contributed by atoms with Gasteiger partial charge >= 0.3 is 6.09 Å². The topological polar surface area (TPSA) is 96.5 Å². The first-order chi connectivity index (χ1) is 12.7. The summed E-state index contributed by atoms with van der Waals surface area (Å²) in [5.74, 6) is -0.392. The maximum atomic E-state index is 12.6. The molecule has 0 bridgehead atoms. The van der Waals surface area contributed by atoms with Gasteiger partial charge < -0.3 is 20.7 Å². The van der Waals surface area contributed by atoms with Gasteiger partial charge in [-0.2, -0.15) is 0 Å². The second-order valence-electron chi connectivity index (χ2n) is 7.03. The number of rotatable bonds is 9. The van der Waals surface area contributed by atoms with Crippen molar-refractivity contribution >= 4 is 39.5 Å². The van der Waals surface area contributed by atoms with Crippen LogP contribution >= 0.6 is 15.9 Å². The number of ether oxygens (including phenoxy) is 1. The van der Waals surface area contributed by atoms with Crippen molar-refractivity contribution in [2.45, 2.75) is 51.7 Å². The third kappa shape index (κ3) is 10.6. The maximum absolute atomic E-state index is 12.6. The number of halogens is 1. The first-order valence-electron chi connectivity index (χ1n) is 8.89. The number of hydrogen-bond acceptors (Lipinski definition) is 4. The molecule has 7 nitrogen and oxygen atoms in total. The fraction of sp³-hybridized carbons (Fsp3) is 0.526. The molecule has 1 aromatic rings. The molecule has 0 spiro atoms. The van der Waals surface area contributed by atoms with E-state index >= 15 is 0 Å². The van der Waals surface area contributed by atoms with Crippen LogP contribution in [-0.4, -0.2) is 41.4 Å². The van der Waals surface area contributed by atoms with Crippen molar-refractivity contribution < 1.29 is 19.1 Å². The van der Waals surface area contributed by atoms with Gasteiger partial charge in [0.25, 0.3) is 0 Å². The lowest BCUT2D eigenvalue weighted by Crippen LogP contribution is -2.45. The fourth-order valence-corrected chi connectivity index (χ4v) is 2.42. The average molecular weight is 442 g/mol. The fourth-order valence-electron chi connectivity index (χ4n) is 2.22. The third-order valence-corrected chi connectivity index (χ3v) is 3.92. The molecule has 0 aliphatic rings. The second-order valence-corrected chi connectivity index (χ2v) is 7.59. The summed E-state index contributed by atoms with van der Waals surface area (Å²) in [5.41, 5.74) is 0.00731. The molecule has 0 saturated carbocycles. The van der Waals surface area contributed by atoms with Crippen molar-refractivity contribution in [3.05, 3.63) is 30.3 Å². The molecule has 1 aromatic carbocycles. The number of alkyl halides is 1. The van der Waals surface area contributed by atoms with E-state index in [1.165, 1.54) is 0 Å². The van der Waals surface area contributed by atoms with E-state index in [0.717, 1.165) is 0 Å². The highest BCUT2D eigenvalue weighted by atomic mass is 79.9. The molecule has 0 unspecified atom stereocenters. The summed E-state index contributed by atoms with van der Waals surface area (Å²) >= 11 is 3.08. The minimum Gasteiger partial charge on any atom is -0.444 e. The number of hydrogen-bond donors (Lipinski definition) is 3. The smallest absolute Gasteiger partial charge is 0.408 e. The molecule has 0 aliphatic heterocycles. The molecule has 3 amide bonds. The van der Waals surface area contributed by atoms with E-state index in [0.29, 0.717) is 31.5 Å². The van der Waals surface area contributed by atoms with Crippen LogP contribution in [0, 0.1) is 0 Å². The van der Waals surface area contributed by atoms with Gasteiger partial charge in [0, 0.05) is 12.2 Å². The monoisotopic (exact) mass is 441 g/mol. The van der Waals surface area contributed by atoms with Gasteiger partial charge in [0.2, 0.25) is 11.8 Å². The molecule has 0 aromatic heterocycles. The highest BCUT2D eigenvalue weighted by Gasteiger charge is 2.24. The number of amides is 3. The van der Waals surface area contributed by atoms with Crippen molar-refractivity contribution in [2.24, 2.45) is 0 Å². The normalized spacial score (nSPS) is 12.0. The predicted octanol–water partition coefficient (Wildman–Crippen LogP) is 3.20. The molecule has 1 atom stereocenters. The van der Waals surface area contributed by atoms with Crippen LogP contribution in [0.2, 0.25) is 0 Å². The van der Waals surface area contributed by atoms with Crippen LogP contribution in [0.1, 0.15) is 40.0 Å². The first-order valence-corrected chi connectivity index (χ1v) is 10.0. The second kappa shape index (κ2) is 11.6. The van der Waals surface area contributed by atoms with Gasteiger partial charge in [0.05, 0.1) is 5.33 Å². The number of alkyl carbamates (subject to hydrolysis) is 1. The van der Waals surface area contributed by atoms with Gasteiger partial charge in [-0.15, -0.1) is 0 Å². The number of para-hydroxylation sites is 1. The standard InChI is InChI=1S/C19H28BrN3O4/c1-19(2,3)27-18(26)23-15(11-7-8-12-21-16(24)13-20)17(25)22-14-9-5-4-6-10-14/h4-6,9-10,15H,7-8,11-13H2,1-3H3,(H,21,24)(H,22,25)(H,23,26)/t15-/m0/s1. The molecule has 8 heteroatoms. The zero-order valence-electron chi connectivity index (χ0n) is 16.0. The Morgan fingerprint density at radius 1 is 1.11 bits per heavy atom. The van der Waals surface area contributed by atoms with Crippen LogP contribution < -0.4 is 16.0 Å². The summed E-state index contributed by atoms with van der Waals surface area (Å²) < 4.78 is 5.25. The number of carbonyl (C=O) groups is 3. The van der Waals surface area contributed by atoms with Gasteiger partial charge in [-0.05, 0) is 52.2 Å². The van der Waals surface area contributed by atoms with E-state index < -0.39 is 17.7 Å². The van der Waals surface area contributed by atoms with Crippen molar-refractivity contribution in [3.8, 4) is 0 Å². The average Bonchev–Trinajstić information content (AvgIpc) is 2.59. The predicted molar refractivity (Wildman–Crippen MR) is 109 cm³/mol. The molecular formula is C19H28BrN3O4. The van der Waals surface area contributed by atoms with Gasteiger partial charge in [0.15, 0.2) is 0 Å². The molecule has 0 heterocycles. The SMILES string of the molecule is CC(C)(C)OC(=O)N[C@@H](CCCCNC(=O)CBr)C(=O)Nc1ccccc1. The van der Waals surface area contributed by atoms with E-state index in [4.69, 9.17) is 4.74 Å². The summed E-state index contributed by atoms with van der Waals surface area (Å²) in [6.45, 7) is 5.80. The van der Waals surface area contributed by atoms with E-state index in [-0.39, 0.29) is 17.1 Å². The van der Waals surface area contributed by atoms with Crippen molar-refractivity contribution in [1.29, 1.82) is 0 Å². The Balaban J connectivity index is 2.60. The van der Waals surface area contributed by atoms with Gasteiger partial charge in [-0.3, -0.25) is 9.59 Å². The molecule has 1 rings (SSSR count). The Morgan fingerprint density at radius 2 is 1.78 bits per heavy atom. The van der Waals surface area contributed by atoms with Crippen molar-refractivity contribution in [3.63, 3.8) is 0 Å². The Kier molecular flexibility index (Phi) is 9.85. The number of carbonyl (C=O) groups excluding carboxylic acids is 3. The largest absolute Gasteiger partial charge is 0.444 e. The minimum absolute atomic E-state index is 0.0831. The third-order valence-electron chi connectivity index (χ3n) is 3.41. The molecule has 150 valence electrons. The lowest BCUT2D eigenvalue weighted by atomic mass is 10.1. The number of unbranched alkanes of at least 4 members (excludes halogenated alkanes) is 1. The molecule has 0 saturated heterocycles. The lowest BCUT2D eigenvalue weighted by Gasteiger charge is -2.23. The van der Waals surface area contributed by atoms with Crippen LogP contribution in [0.4, 0.5) is 10.5 Å². The van der Waals surface area contributed by atoms with Gasteiger partial charge in [-0.25, -0.2) is 4.79 Å². The molecule has 3 N–H and O–H groups in total. The Labute approximate surface area is 168 Å². The van der Waals surface area contributed by atoms with Crippen molar-refractivity contribution in [1.82, 2.24) is 10.6 Å². The van der Waals surface area contributed by atoms with Crippen LogP contribution in [0.5, 0.6) is 0 Å². The quantitative estimate of drug-likeness (QED) is 0.404. The summed E-state index contributed by atoms with van der Waals surface area (Å²) in [7, 11) is 0. The summed E-state index contributed by atoms with van der Waals surface area (Å²) in [4.78, 5) is 35.8. The number of nitrogens with one attached hydrogen (secondary N) is 3. The Bertz CT molecular complexity index is 617. The van der Waals surface area contributed by atoms with Crippen LogP contribution in [0.25, 0.3) is 0 Å². The highest BCUT2D eigenvalue weighted by molar-refractivity contribution is 9.09. The maximum Gasteiger partial charge on any atom is 0.408 e. The number of anilines is 1. The molecule has 0 aliphatic carbocycles. The number of benzene rings is 1. The van der Waals surface area contributed by atoms with Crippen LogP contribution in [0.3, 0.4) is 0 Å². The van der Waals surface area contributed by atoms with E-state index in [1.54, 1.807) is 32.9 Å². The highest BCUT2D eigenvalue weighted by Crippen LogP contribution is 2.11. The van der Waals surface area contributed by atoms with Gasteiger partial charge in [-0.1, -0.05) is 34.1 Å². The van der Waals surface area contributed by atoms with Crippen LogP contribution in [-0.2, 0) is 14.3 Å².